The number of amides is 2. The zero-order chi connectivity index (χ0) is 22.5. The van der Waals surface area contributed by atoms with Gasteiger partial charge in [0.2, 0.25) is 0 Å². The third-order valence-corrected chi connectivity index (χ3v) is 5.82. The number of rotatable bonds is 6. The predicted octanol–water partition coefficient (Wildman–Crippen LogP) is 3.13. The highest BCUT2D eigenvalue weighted by molar-refractivity contribution is 5.99. The van der Waals surface area contributed by atoms with Crippen LogP contribution in [0.4, 0.5) is 15.9 Å². The molecule has 3 rings (SSSR count). The molecule has 0 aliphatic carbocycles. The number of para-hydroxylation sites is 1. The molecule has 1 aliphatic rings. The average Bonchev–Trinajstić information content (AvgIpc) is 2.78. The number of carbonyl (C=O) groups is 2. The number of aromatic nitrogens is 1. The molecule has 166 valence electrons. The lowest BCUT2D eigenvalue weighted by Gasteiger charge is -2.36. The molecule has 0 radical (unpaired) electrons. The van der Waals surface area contributed by atoms with Crippen LogP contribution in [0.1, 0.15) is 47.9 Å². The minimum Gasteiger partial charge on any atom is -0.396 e. The van der Waals surface area contributed by atoms with Gasteiger partial charge in [-0.15, -0.1) is 0 Å². The lowest BCUT2D eigenvalue weighted by molar-refractivity contribution is 0.0733. The number of nitrogens with two attached hydrogens (primary N) is 1. The highest BCUT2D eigenvalue weighted by Gasteiger charge is 2.25. The predicted molar refractivity (Wildman–Crippen MR) is 119 cm³/mol. The third kappa shape index (κ3) is 5.31. The Morgan fingerprint density at radius 2 is 1.97 bits per heavy atom. The highest BCUT2D eigenvalue weighted by Crippen LogP contribution is 2.22. The molecule has 1 saturated heterocycles. The van der Waals surface area contributed by atoms with E-state index in [1.54, 1.807) is 23.2 Å². The molecule has 31 heavy (non-hydrogen) atoms. The Morgan fingerprint density at radius 3 is 2.65 bits per heavy atom. The van der Waals surface area contributed by atoms with E-state index in [1.807, 2.05) is 4.90 Å². The zero-order valence-corrected chi connectivity index (χ0v) is 18.3. The molecule has 1 fully saturated rings. The first-order chi connectivity index (χ1) is 14.8. The molecule has 1 aromatic carbocycles. The van der Waals surface area contributed by atoms with Crippen molar-refractivity contribution >= 4 is 23.3 Å². The quantitative estimate of drug-likeness (QED) is 0.691. The largest absolute Gasteiger partial charge is 0.396 e. The minimum absolute atomic E-state index is 0.134. The van der Waals surface area contributed by atoms with Crippen molar-refractivity contribution in [2.75, 3.05) is 36.9 Å². The van der Waals surface area contributed by atoms with E-state index in [0.717, 1.165) is 13.0 Å². The molecular formula is C23H30FN5O2. The molecule has 1 aliphatic heterocycles. The summed E-state index contributed by atoms with van der Waals surface area (Å²) in [4.78, 5) is 33.2. The van der Waals surface area contributed by atoms with Gasteiger partial charge in [0.25, 0.3) is 11.8 Å². The maximum Gasteiger partial charge on any atom is 0.257 e. The molecule has 0 saturated carbocycles. The topological polar surface area (TPSA) is 91.6 Å². The molecule has 0 spiro atoms. The number of carbonyl (C=O) groups excluding carboxylic acids is 2. The summed E-state index contributed by atoms with van der Waals surface area (Å²) in [6.07, 6.45) is 2.30. The summed E-state index contributed by atoms with van der Waals surface area (Å²) < 4.78 is 13.7. The van der Waals surface area contributed by atoms with E-state index in [9.17, 15) is 14.0 Å². The number of nitrogens with one attached hydrogen (secondary N) is 1. The van der Waals surface area contributed by atoms with Gasteiger partial charge >= 0.3 is 0 Å². The first kappa shape index (κ1) is 22.5. The van der Waals surface area contributed by atoms with Crippen LogP contribution in [0.2, 0.25) is 0 Å². The van der Waals surface area contributed by atoms with Gasteiger partial charge in [-0.25, -0.2) is 9.37 Å². The summed E-state index contributed by atoms with van der Waals surface area (Å²) >= 11 is 0. The molecule has 2 aromatic rings. The Hall–Kier alpha value is -3.16. The van der Waals surface area contributed by atoms with Crippen molar-refractivity contribution in [2.45, 2.75) is 27.2 Å². The van der Waals surface area contributed by atoms with E-state index in [-0.39, 0.29) is 23.1 Å². The number of nitrogens with zero attached hydrogens (tertiary/aromatic N) is 3. The second-order valence-electron chi connectivity index (χ2n) is 8.36. The minimum atomic E-state index is -0.599. The first-order valence-corrected chi connectivity index (χ1v) is 10.6. The Bertz CT molecular complexity index is 932. The SMILES string of the molecule is CC(C)C(C)CNC(=O)c1ccc(N2CCCN(C(=O)c3cccc(F)c3N)C2)nc1. The highest BCUT2D eigenvalue weighted by atomic mass is 19.1. The van der Waals surface area contributed by atoms with Crippen LogP contribution in [0.3, 0.4) is 0 Å². The molecular weight excluding hydrogens is 397 g/mol. The van der Waals surface area contributed by atoms with E-state index >= 15 is 0 Å². The molecule has 2 amide bonds. The van der Waals surface area contributed by atoms with E-state index in [0.29, 0.717) is 43.0 Å². The van der Waals surface area contributed by atoms with Crippen LogP contribution in [-0.4, -0.2) is 48.0 Å². The molecule has 8 heteroatoms. The van der Waals surface area contributed by atoms with Gasteiger partial charge < -0.3 is 20.9 Å². The lowest BCUT2D eigenvalue weighted by atomic mass is 9.98. The van der Waals surface area contributed by atoms with Gasteiger partial charge in [-0.2, -0.15) is 0 Å². The van der Waals surface area contributed by atoms with Crippen LogP contribution in [-0.2, 0) is 0 Å². The fourth-order valence-corrected chi connectivity index (χ4v) is 3.35. The lowest BCUT2D eigenvalue weighted by Crippen LogP contribution is -2.48. The maximum atomic E-state index is 13.7. The van der Waals surface area contributed by atoms with Crippen molar-refractivity contribution in [3.8, 4) is 0 Å². The fraction of sp³-hybridized carbons (Fsp3) is 0.435. The van der Waals surface area contributed by atoms with Crippen molar-refractivity contribution in [3.05, 3.63) is 53.5 Å². The second-order valence-corrected chi connectivity index (χ2v) is 8.36. The number of halogens is 1. The van der Waals surface area contributed by atoms with Crippen molar-refractivity contribution in [3.63, 3.8) is 0 Å². The molecule has 2 heterocycles. The van der Waals surface area contributed by atoms with Crippen molar-refractivity contribution < 1.29 is 14.0 Å². The Labute approximate surface area is 182 Å². The van der Waals surface area contributed by atoms with Gasteiger partial charge in [0, 0.05) is 25.8 Å². The number of hydrogen-bond donors (Lipinski definition) is 2. The summed E-state index contributed by atoms with van der Waals surface area (Å²) in [5, 5.41) is 2.94. The Morgan fingerprint density at radius 1 is 1.19 bits per heavy atom. The van der Waals surface area contributed by atoms with Gasteiger partial charge in [0.05, 0.1) is 23.5 Å². The number of hydrogen-bond acceptors (Lipinski definition) is 5. The van der Waals surface area contributed by atoms with Crippen LogP contribution in [0.25, 0.3) is 0 Å². The number of pyridine rings is 1. The monoisotopic (exact) mass is 427 g/mol. The molecule has 7 nitrogen and oxygen atoms in total. The van der Waals surface area contributed by atoms with Gasteiger partial charge in [-0.05, 0) is 42.5 Å². The van der Waals surface area contributed by atoms with E-state index < -0.39 is 5.82 Å². The Balaban J connectivity index is 1.64. The molecule has 3 N–H and O–H groups in total. The molecule has 0 bridgehead atoms. The third-order valence-electron chi connectivity index (χ3n) is 5.82. The van der Waals surface area contributed by atoms with E-state index in [1.165, 1.54) is 18.2 Å². The van der Waals surface area contributed by atoms with Gasteiger partial charge in [0.15, 0.2) is 0 Å². The van der Waals surface area contributed by atoms with Crippen molar-refractivity contribution in [1.29, 1.82) is 0 Å². The number of nitrogen functional groups attached to an aromatic ring is 1. The summed E-state index contributed by atoms with van der Waals surface area (Å²) in [7, 11) is 0. The van der Waals surface area contributed by atoms with Crippen LogP contribution in [0.15, 0.2) is 36.5 Å². The summed E-state index contributed by atoms with van der Waals surface area (Å²) in [5.74, 6) is 0.504. The van der Waals surface area contributed by atoms with Crippen molar-refractivity contribution in [1.82, 2.24) is 15.2 Å². The van der Waals surface area contributed by atoms with Crippen LogP contribution in [0.5, 0.6) is 0 Å². The van der Waals surface area contributed by atoms with Gasteiger partial charge in [-0.1, -0.05) is 26.8 Å². The smallest absolute Gasteiger partial charge is 0.257 e. The van der Waals surface area contributed by atoms with Crippen molar-refractivity contribution in [2.24, 2.45) is 11.8 Å². The average molecular weight is 428 g/mol. The van der Waals surface area contributed by atoms with Crippen LogP contribution >= 0.6 is 0 Å². The first-order valence-electron chi connectivity index (χ1n) is 10.6. The van der Waals surface area contributed by atoms with Gasteiger partial charge in [-0.3, -0.25) is 9.59 Å². The summed E-state index contributed by atoms with van der Waals surface area (Å²) in [6, 6.07) is 7.77. The summed E-state index contributed by atoms with van der Waals surface area (Å²) in [5.41, 5.74) is 6.28. The number of anilines is 2. The zero-order valence-electron chi connectivity index (χ0n) is 18.3. The summed E-state index contributed by atoms with van der Waals surface area (Å²) in [6.45, 7) is 8.58. The van der Waals surface area contributed by atoms with E-state index in [4.69, 9.17) is 5.73 Å². The van der Waals surface area contributed by atoms with Crippen LogP contribution < -0.4 is 16.0 Å². The normalized spacial score (nSPS) is 15.1. The van der Waals surface area contributed by atoms with Crippen LogP contribution in [0, 0.1) is 17.7 Å². The molecule has 1 aromatic heterocycles. The second kappa shape index (κ2) is 9.76. The van der Waals surface area contributed by atoms with Gasteiger partial charge in [0.1, 0.15) is 11.6 Å². The van der Waals surface area contributed by atoms with E-state index in [2.05, 4.69) is 31.1 Å². The molecule has 1 atom stereocenters. The number of benzene rings is 1. The maximum absolute atomic E-state index is 13.7. The fourth-order valence-electron chi connectivity index (χ4n) is 3.35. The standard InChI is InChI=1S/C23H30FN5O2/c1-15(2)16(3)12-27-22(30)17-8-9-20(26-13-17)28-10-5-11-29(14-28)23(31)18-6-4-7-19(24)21(18)25/h4,6-9,13,15-16H,5,10-12,14,25H2,1-3H3,(H,27,30). The Kier molecular flexibility index (Phi) is 7.09. The molecule has 1 unspecified atom stereocenters.